The minimum Gasteiger partial charge on any atom is -0.376 e. The van der Waals surface area contributed by atoms with E-state index < -0.39 is 0 Å². The Morgan fingerprint density at radius 3 is 2.84 bits per heavy atom. The molecule has 0 saturated heterocycles. The van der Waals surface area contributed by atoms with Crippen LogP contribution in [0.25, 0.3) is 0 Å². The van der Waals surface area contributed by atoms with Crippen LogP contribution in [0.15, 0.2) is 0 Å². The van der Waals surface area contributed by atoms with E-state index >= 15 is 0 Å². The van der Waals surface area contributed by atoms with E-state index in [-0.39, 0.29) is 0 Å². The lowest BCUT2D eigenvalue weighted by Crippen LogP contribution is -2.19. The van der Waals surface area contributed by atoms with Crippen molar-refractivity contribution in [2.75, 3.05) is 6.61 Å². The van der Waals surface area contributed by atoms with Crippen molar-refractivity contribution in [2.45, 2.75) is 58.0 Å². The molecule has 1 N–H and O–H groups in total. The maximum Gasteiger partial charge on any atom is 0.135 e. The summed E-state index contributed by atoms with van der Waals surface area (Å²) in [6.45, 7) is 3.72. The van der Waals surface area contributed by atoms with Gasteiger partial charge in [-0.3, -0.25) is 0 Å². The highest BCUT2D eigenvalue weighted by Gasteiger charge is 2.24. The Balaban J connectivity index is 1.82. The predicted molar refractivity (Wildman–Crippen MR) is 77.8 cm³/mol. The van der Waals surface area contributed by atoms with Crippen LogP contribution in [-0.4, -0.2) is 16.6 Å². The quantitative estimate of drug-likeness (QED) is 0.834. The maximum atomic E-state index is 5.46. The normalized spacial score (nSPS) is 27.0. The van der Waals surface area contributed by atoms with Crippen molar-refractivity contribution in [1.82, 2.24) is 9.97 Å². The van der Waals surface area contributed by atoms with Crippen molar-refractivity contribution in [3.05, 3.63) is 21.7 Å². The summed E-state index contributed by atoms with van der Waals surface area (Å²) in [7, 11) is 0. The molecular formula is C15H22N2OS. The molecule has 1 aromatic rings. The molecule has 2 heterocycles. The predicted octanol–water partition coefficient (Wildman–Crippen LogP) is 3.90. The van der Waals surface area contributed by atoms with Gasteiger partial charge >= 0.3 is 0 Å². The lowest BCUT2D eigenvalue weighted by atomic mass is 9.80. The molecule has 1 fully saturated rings. The third-order valence-electron chi connectivity index (χ3n) is 4.68. The summed E-state index contributed by atoms with van der Waals surface area (Å²) >= 11 is 5.43. The van der Waals surface area contributed by atoms with Gasteiger partial charge in [0.2, 0.25) is 0 Å². The summed E-state index contributed by atoms with van der Waals surface area (Å²) in [5.74, 6) is 2.63. The first-order valence-electron chi connectivity index (χ1n) is 7.47. The smallest absolute Gasteiger partial charge is 0.135 e. The van der Waals surface area contributed by atoms with Crippen LogP contribution < -0.4 is 0 Å². The first kappa shape index (κ1) is 13.3. The van der Waals surface area contributed by atoms with Gasteiger partial charge in [-0.15, -0.1) is 0 Å². The van der Waals surface area contributed by atoms with Crippen molar-refractivity contribution in [3.8, 4) is 0 Å². The summed E-state index contributed by atoms with van der Waals surface area (Å²) in [6, 6.07) is 0. The summed E-state index contributed by atoms with van der Waals surface area (Å²) in [5.41, 5.74) is 2.37. The molecule has 1 aromatic heterocycles. The van der Waals surface area contributed by atoms with Crippen LogP contribution >= 0.6 is 12.2 Å². The zero-order valence-electron chi connectivity index (χ0n) is 11.6. The summed E-state index contributed by atoms with van der Waals surface area (Å²) in [6.07, 6.45) is 7.45. The first-order chi connectivity index (χ1) is 9.28. The molecule has 3 nitrogen and oxygen atoms in total. The Labute approximate surface area is 119 Å². The molecule has 104 valence electrons. The Bertz CT molecular complexity index is 503. The third-order valence-corrected chi connectivity index (χ3v) is 5.01. The summed E-state index contributed by atoms with van der Waals surface area (Å²) in [4.78, 5) is 8.19. The van der Waals surface area contributed by atoms with Crippen molar-refractivity contribution in [1.29, 1.82) is 0 Å². The minimum absolute atomic E-state index is 0.581. The van der Waals surface area contributed by atoms with Gasteiger partial charge in [0, 0.05) is 23.6 Å². The standard InChI is InChI=1S/C15H22N2OS/c1-2-10-3-5-11(6-4-10)14-16-13-7-8-18-9-12(13)15(19)17-14/h10-11H,2-9H2,1H3,(H,16,17,19). The number of H-pyrrole nitrogens is 1. The van der Waals surface area contributed by atoms with Gasteiger partial charge in [-0.05, 0) is 31.6 Å². The second-order valence-electron chi connectivity index (χ2n) is 5.81. The molecule has 0 aromatic carbocycles. The number of hydrogen-bond acceptors (Lipinski definition) is 3. The number of fused-ring (bicyclic) bond motifs is 1. The average molecular weight is 278 g/mol. The Kier molecular flexibility index (Phi) is 3.99. The van der Waals surface area contributed by atoms with Crippen molar-refractivity contribution in [2.24, 2.45) is 5.92 Å². The van der Waals surface area contributed by atoms with Gasteiger partial charge in [-0.25, -0.2) is 4.98 Å². The Morgan fingerprint density at radius 1 is 1.32 bits per heavy atom. The zero-order valence-corrected chi connectivity index (χ0v) is 12.4. The maximum absolute atomic E-state index is 5.46. The summed E-state index contributed by atoms with van der Waals surface area (Å²) in [5, 5.41) is 0. The number of rotatable bonds is 2. The van der Waals surface area contributed by atoms with E-state index in [1.54, 1.807) is 0 Å². The SMILES string of the molecule is CCC1CCC(c2nc(=S)c3c([nH]2)CCOC3)CC1. The topological polar surface area (TPSA) is 37.9 Å². The second-order valence-corrected chi connectivity index (χ2v) is 6.20. The molecule has 0 radical (unpaired) electrons. The molecule has 1 aliphatic heterocycles. The number of ether oxygens (including phenoxy) is 1. The first-order valence-corrected chi connectivity index (χ1v) is 7.88. The largest absolute Gasteiger partial charge is 0.376 e. The molecule has 19 heavy (non-hydrogen) atoms. The second kappa shape index (κ2) is 5.71. The number of aromatic nitrogens is 2. The van der Waals surface area contributed by atoms with Crippen LogP contribution in [0.1, 0.15) is 62.0 Å². The van der Waals surface area contributed by atoms with Crippen LogP contribution in [-0.2, 0) is 17.8 Å². The lowest BCUT2D eigenvalue weighted by molar-refractivity contribution is 0.108. The Hall–Kier alpha value is -0.740. The van der Waals surface area contributed by atoms with E-state index in [1.807, 2.05) is 0 Å². The third kappa shape index (κ3) is 2.75. The van der Waals surface area contributed by atoms with Gasteiger partial charge in [0.15, 0.2) is 0 Å². The monoisotopic (exact) mass is 278 g/mol. The van der Waals surface area contributed by atoms with E-state index in [0.29, 0.717) is 12.5 Å². The van der Waals surface area contributed by atoms with Crippen molar-refractivity contribution >= 4 is 12.2 Å². The van der Waals surface area contributed by atoms with E-state index in [2.05, 4.69) is 16.9 Å². The fraction of sp³-hybridized carbons (Fsp3) is 0.733. The zero-order chi connectivity index (χ0) is 13.2. The highest BCUT2D eigenvalue weighted by molar-refractivity contribution is 7.71. The number of nitrogens with one attached hydrogen (secondary N) is 1. The van der Waals surface area contributed by atoms with Gasteiger partial charge in [0.05, 0.1) is 13.2 Å². The van der Waals surface area contributed by atoms with Gasteiger partial charge in [-0.2, -0.15) is 0 Å². The molecule has 0 bridgehead atoms. The van der Waals surface area contributed by atoms with Crippen LogP contribution in [0.5, 0.6) is 0 Å². The molecule has 0 spiro atoms. The van der Waals surface area contributed by atoms with E-state index in [9.17, 15) is 0 Å². The number of nitrogens with zero attached hydrogens (tertiary/aromatic N) is 1. The molecule has 1 saturated carbocycles. The lowest BCUT2D eigenvalue weighted by Gasteiger charge is -2.28. The van der Waals surface area contributed by atoms with E-state index in [0.717, 1.165) is 35.0 Å². The van der Waals surface area contributed by atoms with Gasteiger partial charge in [0.1, 0.15) is 10.5 Å². The average Bonchev–Trinajstić information content (AvgIpc) is 2.47. The van der Waals surface area contributed by atoms with E-state index in [4.69, 9.17) is 17.0 Å². The van der Waals surface area contributed by atoms with Crippen LogP contribution in [0.3, 0.4) is 0 Å². The van der Waals surface area contributed by atoms with Crippen molar-refractivity contribution < 1.29 is 4.74 Å². The van der Waals surface area contributed by atoms with Crippen LogP contribution in [0.4, 0.5) is 0 Å². The van der Waals surface area contributed by atoms with Gasteiger partial charge in [0.25, 0.3) is 0 Å². The van der Waals surface area contributed by atoms with Crippen LogP contribution in [0, 0.1) is 10.6 Å². The van der Waals surface area contributed by atoms with E-state index in [1.165, 1.54) is 37.8 Å². The van der Waals surface area contributed by atoms with Crippen LogP contribution in [0.2, 0.25) is 0 Å². The highest BCUT2D eigenvalue weighted by atomic mass is 32.1. The fourth-order valence-electron chi connectivity index (χ4n) is 3.31. The fourth-order valence-corrected chi connectivity index (χ4v) is 3.59. The molecule has 4 heteroatoms. The molecule has 2 aliphatic rings. The molecule has 0 unspecified atom stereocenters. The molecule has 0 atom stereocenters. The Morgan fingerprint density at radius 2 is 2.11 bits per heavy atom. The molecule has 1 aliphatic carbocycles. The number of hydrogen-bond donors (Lipinski definition) is 1. The molecular weight excluding hydrogens is 256 g/mol. The molecule has 3 rings (SSSR count). The number of aromatic amines is 1. The molecule has 0 amide bonds. The van der Waals surface area contributed by atoms with Gasteiger partial charge in [-0.1, -0.05) is 25.6 Å². The van der Waals surface area contributed by atoms with Gasteiger partial charge < -0.3 is 9.72 Å². The highest BCUT2D eigenvalue weighted by Crippen LogP contribution is 2.36. The van der Waals surface area contributed by atoms with Crippen molar-refractivity contribution in [3.63, 3.8) is 0 Å². The summed E-state index contributed by atoms with van der Waals surface area (Å²) < 4.78 is 6.22. The minimum atomic E-state index is 0.581.